The molecule has 2 atom stereocenters. The molecule has 114 valence electrons. The second-order valence-corrected chi connectivity index (χ2v) is 5.75. The highest BCUT2D eigenvalue weighted by Crippen LogP contribution is 2.29. The van der Waals surface area contributed by atoms with E-state index < -0.39 is 6.10 Å². The molecule has 1 aromatic carbocycles. The summed E-state index contributed by atoms with van der Waals surface area (Å²) in [7, 11) is 3.20. The van der Waals surface area contributed by atoms with Crippen molar-refractivity contribution in [3.8, 4) is 11.5 Å². The molecule has 1 aromatic heterocycles. The van der Waals surface area contributed by atoms with Gasteiger partial charge in [-0.15, -0.1) is 11.3 Å². The second kappa shape index (κ2) is 7.45. The van der Waals surface area contributed by atoms with Gasteiger partial charge in [0.25, 0.3) is 0 Å². The molecule has 0 radical (unpaired) electrons. The molecule has 21 heavy (non-hydrogen) atoms. The zero-order chi connectivity index (χ0) is 15.2. The van der Waals surface area contributed by atoms with E-state index in [1.165, 1.54) is 4.88 Å². The SMILES string of the molecule is COc1ccc(OC)c(C(O)CN[C@H](C)c2cccs2)c1. The van der Waals surface area contributed by atoms with Crippen molar-refractivity contribution in [2.24, 2.45) is 0 Å². The minimum atomic E-state index is -0.655. The maximum Gasteiger partial charge on any atom is 0.124 e. The minimum absolute atomic E-state index is 0.205. The van der Waals surface area contributed by atoms with E-state index in [-0.39, 0.29) is 6.04 Å². The molecule has 0 amide bonds. The van der Waals surface area contributed by atoms with E-state index >= 15 is 0 Å². The smallest absolute Gasteiger partial charge is 0.124 e. The summed E-state index contributed by atoms with van der Waals surface area (Å²) in [5.74, 6) is 1.37. The van der Waals surface area contributed by atoms with Crippen LogP contribution in [0, 0.1) is 0 Å². The summed E-state index contributed by atoms with van der Waals surface area (Å²) in [6.45, 7) is 2.53. The van der Waals surface area contributed by atoms with Crippen LogP contribution in [0.1, 0.15) is 29.5 Å². The minimum Gasteiger partial charge on any atom is -0.497 e. The number of hydrogen-bond acceptors (Lipinski definition) is 5. The number of nitrogens with one attached hydrogen (secondary N) is 1. The predicted molar refractivity (Wildman–Crippen MR) is 85.2 cm³/mol. The Morgan fingerprint density at radius 2 is 2.05 bits per heavy atom. The van der Waals surface area contributed by atoms with Crippen LogP contribution in [0.25, 0.3) is 0 Å². The first-order valence-electron chi connectivity index (χ1n) is 6.82. The Morgan fingerprint density at radius 3 is 2.67 bits per heavy atom. The molecular weight excluding hydrogens is 286 g/mol. The first-order chi connectivity index (χ1) is 10.2. The summed E-state index contributed by atoms with van der Waals surface area (Å²) in [5.41, 5.74) is 0.725. The number of thiophene rings is 1. The Labute approximate surface area is 129 Å². The highest BCUT2D eigenvalue weighted by molar-refractivity contribution is 7.10. The lowest BCUT2D eigenvalue weighted by Gasteiger charge is -2.19. The van der Waals surface area contributed by atoms with Gasteiger partial charge in [0.1, 0.15) is 11.5 Å². The van der Waals surface area contributed by atoms with Crippen molar-refractivity contribution in [1.29, 1.82) is 0 Å². The molecule has 2 rings (SSSR count). The van der Waals surface area contributed by atoms with Crippen molar-refractivity contribution in [1.82, 2.24) is 5.32 Å². The van der Waals surface area contributed by atoms with Crippen molar-refractivity contribution in [3.05, 3.63) is 46.2 Å². The van der Waals surface area contributed by atoms with Crippen LogP contribution in [-0.2, 0) is 0 Å². The van der Waals surface area contributed by atoms with Gasteiger partial charge in [0.05, 0.1) is 20.3 Å². The zero-order valence-electron chi connectivity index (χ0n) is 12.5. The highest BCUT2D eigenvalue weighted by Gasteiger charge is 2.16. The first kappa shape index (κ1) is 15.8. The monoisotopic (exact) mass is 307 g/mol. The standard InChI is InChI=1S/C16H21NO3S/c1-11(16-5-4-8-21-16)17-10-14(18)13-9-12(19-2)6-7-15(13)20-3/h4-9,11,14,17-18H,10H2,1-3H3/t11-,14?/m1/s1. The van der Waals surface area contributed by atoms with Crippen molar-refractivity contribution >= 4 is 11.3 Å². The lowest BCUT2D eigenvalue weighted by molar-refractivity contribution is 0.166. The second-order valence-electron chi connectivity index (χ2n) is 4.77. The Kier molecular flexibility index (Phi) is 5.61. The molecule has 0 saturated heterocycles. The van der Waals surface area contributed by atoms with E-state index in [0.717, 1.165) is 5.56 Å². The maximum atomic E-state index is 10.4. The molecule has 0 saturated carbocycles. The fourth-order valence-corrected chi connectivity index (χ4v) is 2.90. The van der Waals surface area contributed by atoms with E-state index in [4.69, 9.17) is 9.47 Å². The molecule has 0 aliphatic heterocycles. The third kappa shape index (κ3) is 3.97. The van der Waals surface area contributed by atoms with Gasteiger partial charge in [-0.05, 0) is 36.6 Å². The largest absolute Gasteiger partial charge is 0.497 e. The number of hydrogen-bond donors (Lipinski definition) is 2. The molecule has 2 N–H and O–H groups in total. The fraction of sp³-hybridized carbons (Fsp3) is 0.375. The number of aliphatic hydroxyl groups excluding tert-OH is 1. The lowest BCUT2D eigenvalue weighted by atomic mass is 10.1. The van der Waals surface area contributed by atoms with Crippen LogP contribution < -0.4 is 14.8 Å². The molecule has 5 heteroatoms. The Hall–Kier alpha value is -1.56. The number of methoxy groups -OCH3 is 2. The predicted octanol–water partition coefficient (Wildman–Crippen LogP) is 3.15. The van der Waals surface area contributed by atoms with E-state index in [1.807, 2.05) is 12.1 Å². The Balaban J connectivity index is 2.04. The zero-order valence-corrected chi connectivity index (χ0v) is 13.3. The van der Waals surface area contributed by atoms with Gasteiger partial charge in [-0.3, -0.25) is 0 Å². The summed E-state index contributed by atoms with van der Waals surface area (Å²) < 4.78 is 10.5. The number of benzene rings is 1. The fourth-order valence-electron chi connectivity index (χ4n) is 2.14. The van der Waals surface area contributed by atoms with Crippen molar-refractivity contribution in [2.75, 3.05) is 20.8 Å². The van der Waals surface area contributed by atoms with Crippen LogP contribution in [0.2, 0.25) is 0 Å². The molecule has 2 aromatic rings. The molecule has 0 bridgehead atoms. The van der Waals surface area contributed by atoms with Gasteiger partial charge < -0.3 is 19.9 Å². The van der Waals surface area contributed by atoms with Gasteiger partial charge in [-0.1, -0.05) is 6.07 Å². The third-order valence-corrected chi connectivity index (χ3v) is 4.44. The molecule has 0 fully saturated rings. The van der Waals surface area contributed by atoms with Gasteiger partial charge >= 0.3 is 0 Å². The summed E-state index contributed by atoms with van der Waals surface area (Å²) in [6, 6.07) is 9.74. The first-order valence-corrected chi connectivity index (χ1v) is 7.70. The van der Waals surface area contributed by atoms with E-state index in [9.17, 15) is 5.11 Å². The molecule has 0 aliphatic carbocycles. The summed E-state index contributed by atoms with van der Waals surface area (Å²) >= 11 is 1.70. The Bertz CT molecular complexity index is 557. The van der Waals surface area contributed by atoms with Crippen molar-refractivity contribution in [2.45, 2.75) is 19.1 Å². The van der Waals surface area contributed by atoms with Crippen LogP contribution >= 0.6 is 11.3 Å². The van der Waals surface area contributed by atoms with Crippen LogP contribution in [-0.4, -0.2) is 25.9 Å². The van der Waals surface area contributed by atoms with Gasteiger partial charge in [0.2, 0.25) is 0 Å². The molecule has 1 unspecified atom stereocenters. The van der Waals surface area contributed by atoms with Crippen LogP contribution in [0.5, 0.6) is 11.5 Å². The van der Waals surface area contributed by atoms with Gasteiger partial charge in [0, 0.05) is 23.0 Å². The summed E-state index contributed by atoms with van der Waals surface area (Å²) in [6.07, 6.45) is -0.655. The van der Waals surface area contributed by atoms with Crippen LogP contribution in [0.4, 0.5) is 0 Å². The molecule has 1 heterocycles. The van der Waals surface area contributed by atoms with Gasteiger partial charge in [-0.25, -0.2) is 0 Å². The van der Waals surface area contributed by atoms with E-state index in [1.54, 1.807) is 37.7 Å². The van der Waals surface area contributed by atoms with Crippen molar-refractivity contribution in [3.63, 3.8) is 0 Å². The normalized spacial score (nSPS) is 13.7. The lowest BCUT2D eigenvalue weighted by Crippen LogP contribution is -2.24. The van der Waals surface area contributed by atoms with E-state index in [0.29, 0.717) is 18.0 Å². The summed E-state index contributed by atoms with van der Waals surface area (Å²) in [5, 5.41) is 15.8. The third-order valence-electron chi connectivity index (χ3n) is 3.38. The highest BCUT2D eigenvalue weighted by atomic mass is 32.1. The quantitative estimate of drug-likeness (QED) is 0.825. The van der Waals surface area contributed by atoms with Crippen LogP contribution in [0.3, 0.4) is 0 Å². The summed E-state index contributed by atoms with van der Waals surface area (Å²) in [4.78, 5) is 1.25. The topological polar surface area (TPSA) is 50.7 Å². The Morgan fingerprint density at radius 1 is 1.24 bits per heavy atom. The molecular formula is C16H21NO3S. The number of rotatable bonds is 7. The van der Waals surface area contributed by atoms with Crippen molar-refractivity contribution < 1.29 is 14.6 Å². The number of ether oxygens (including phenoxy) is 2. The van der Waals surface area contributed by atoms with Crippen LogP contribution in [0.15, 0.2) is 35.7 Å². The maximum absolute atomic E-state index is 10.4. The molecule has 4 nitrogen and oxygen atoms in total. The average Bonchev–Trinajstić information content (AvgIpc) is 3.06. The molecule has 0 spiro atoms. The average molecular weight is 307 g/mol. The molecule has 0 aliphatic rings. The van der Waals surface area contributed by atoms with Gasteiger partial charge in [0.15, 0.2) is 0 Å². The van der Waals surface area contributed by atoms with Gasteiger partial charge in [-0.2, -0.15) is 0 Å². The van der Waals surface area contributed by atoms with E-state index in [2.05, 4.69) is 23.7 Å². The number of aliphatic hydroxyl groups is 1.